The van der Waals surface area contributed by atoms with Gasteiger partial charge in [-0.3, -0.25) is 0 Å². The van der Waals surface area contributed by atoms with Gasteiger partial charge in [-0.25, -0.2) is 0 Å². The van der Waals surface area contributed by atoms with Crippen LogP contribution in [0.5, 0.6) is 0 Å². The first-order valence-electron chi connectivity index (χ1n) is 6.29. The predicted octanol–water partition coefficient (Wildman–Crippen LogP) is 3.17. The number of nitrogens with zero attached hydrogens (tertiary/aromatic N) is 1. The number of hydrogen-bond acceptors (Lipinski definition) is 1. The smallest absolute Gasteiger partial charge is 0.168 e. The molecule has 1 N–H and O–H groups in total. The molecular weight excluding hydrogens is 204 g/mol. The molecule has 0 aromatic heterocycles. The quantitative estimate of drug-likeness (QED) is 0.509. The van der Waals surface area contributed by atoms with Crippen molar-refractivity contribution in [1.29, 1.82) is 0 Å². The Bertz CT molecular complexity index is 160. The maximum atomic E-state index is 5.29. The molecule has 0 saturated heterocycles. The van der Waals surface area contributed by atoms with Crippen LogP contribution in [0.25, 0.3) is 0 Å². The summed E-state index contributed by atoms with van der Waals surface area (Å²) in [5.41, 5.74) is 0. The number of nitrogens with one attached hydrogen (secondary N) is 1. The van der Waals surface area contributed by atoms with E-state index in [0.29, 0.717) is 0 Å². The molecule has 90 valence electrons. The lowest BCUT2D eigenvalue weighted by atomic mass is 10.1. The molecule has 0 bridgehead atoms. The molecule has 0 aromatic rings. The van der Waals surface area contributed by atoms with Crippen molar-refractivity contribution >= 4 is 17.3 Å². The Balaban J connectivity index is 3.56. The first-order chi connectivity index (χ1) is 7.26. The Morgan fingerprint density at radius 1 is 1.07 bits per heavy atom. The van der Waals surface area contributed by atoms with Gasteiger partial charge in [0, 0.05) is 19.6 Å². The summed E-state index contributed by atoms with van der Waals surface area (Å²) < 4.78 is 0. The van der Waals surface area contributed by atoms with Gasteiger partial charge in [-0.1, -0.05) is 32.6 Å². The van der Waals surface area contributed by atoms with E-state index in [1.54, 1.807) is 0 Å². The van der Waals surface area contributed by atoms with E-state index in [9.17, 15) is 0 Å². The van der Waals surface area contributed by atoms with E-state index in [4.69, 9.17) is 12.2 Å². The van der Waals surface area contributed by atoms with Gasteiger partial charge in [-0.05, 0) is 32.5 Å². The zero-order chi connectivity index (χ0) is 11.5. The highest BCUT2D eigenvalue weighted by molar-refractivity contribution is 7.80. The molecule has 0 heterocycles. The number of rotatable bonds is 8. The fourth-order valence-corrected chi connectivity index (χ4v) is 1.94. The van der Waals surface area contributed by atoms with Gasteiger partial charge in [0.05, 0.1) is 0 Å². The third kappa shape index (κ3) is 7.60. The molecule has 0 saturated carbocycles. The topological polar surface area (TPSA) is 15.3 Å². The summed E-state index contributed by atoms with van der Waals surface area (Å²) in [5.74, 6) is 0. The van der Waals surface area contributed by atoms with Crippen molar-refractivity contribution in [3.63, 3.8) is 0 Å². The van der Waals surface area contributed by atoms with Crippen LogP contribution in [0.4, 0.5) is 0 Å². The van der Waals surface area contributed by atoms with E-state index in [1.165, 1.54) is 32.1 Å². The third-order valence-corrected chi connectivity index (χ3v) is 2.93. The lowest BCUT2D eigenvalue weighted by Crippen LogP contribution is -2.40. The van der Waals surface area contributed by atoms with E-state index in [0.717, 1.165) is 24.7 Å². The van der Waals surface area contributed by atoms with Crippen molar-refractivity contribution in [2.75, 3.05) is 19.6 Å². The van der Waals surface area contributed by atoms with Gasteiger partial charge in [0.15, 0.2) is 5.11 Å². The normalized spacial score (nSPS) is 10.1. The summed E-state index contributed by atoms with van der Waals surface area (Å²) >= 11 is 5.29. The molecule has 2 nitrogen and oxygen atoms in total. The summed E-state index contributed by atoms with van der Waals surface area (Å²) in [4.78, 5) is 2.25. The third-order valence-electron chi connectivity index (χ3n) is 2.53. The molecule has 0 spiro atoms. The van der Waals surface area contributed by atoms with Crippen molar-refractivity contribution in [2.24, 2.45) is 0 Å². The second-order valence-corrected chi connectivity index (χ2v) is 4.22. The summed E-state index contributed by atoms with van der Waals surface area (Å²) in [6.45, 7) is 9.53. The molecule has 0 aliphatic heterocycles. The van der Waals surface area contributed by atoms with Crippen LogP contribution >= 0.6 is 12.2 Å². The second-order valence-electron chi connectivity index (χ2n) is 3.83. The molecule has 0 amide bonds. The van der Waals surface area contributed by atoms with Crippen LogP contribution in [0.2, 0.25) is 0 Å². The Morgan fingerprint density at radius 2 is 1.73 bits per heavy atom. The number of thiocarbonyl (C=S) groups is 1. The first kappa shape index (κ1) is 14.7. The van der Waals surface area contributed by atoms with Crippen molar-refractivity contribution in [1.82, 2.24) is 10.2 Å². The van der Waals surface area contributed by atoms with Crippen LogP contribution in [-0.4, -0.2) is 29.6 Å². The SMILES string of the molecule is CCCCCCCN(CC)C(=S)NCC. The molecule has 0 rings (SSSR count). The minimum Gasteiger partial charge on any atom is -0.363 e. The van der Waals surface area contributed by atoms with E-state index in [2.05, 4.69) is 31.0 Å². The van der Waals surface area contributed by atoms with Crippen molar-refractivity contribution in [3.05, 3.63) is 0 Å². The van der Waals surface area contributed by atoms with Gasteiger partial charge < -0.3 is 10.2 Å². The zero-order valence-corrected chi connectivity index (χ0v) is 11.3. The summed E-state index contributed by atoms with van der Waals surface area (Å²) in [6, 6.07) is 0. The molecule has 0 unspecified atom stereocenters. The maximum Gasteiger partial charge on any atom is 0.168 e. The van der Waals surface area contributed by atoms with Crippen LogP contribution in [-0.2, 0) is 0 Å². The molecule has 0 aliphatic carbocycles. The summed E-state index contributed by atoms with van der Waals surface area (Å²) in [6.07, 6.45) is 6.64. The molecular formula is C12H26N2S. The number of unbranched alkanes of at least 4 members (excludes halogenated alkanes) is 4. The molecule has 0 fully saturated rings. The predicted molar refractivity (Wildman–Crippen MR) is 72.3 cm³/mol. The van der Waals surface area contributed by atoms with Gasteiger partial charge >= 0.3 is 0 Å². The standard InChI is InChI=1S/C12H26N2S/c1-4-7-8-9-10-11-14(6-3)12(15)13-5-2/h4-11H2,1-3H3,(H,13,15). The fourth-order valence-electron chi connectivity index (χ4n) is 1.57. The maximum absolute atomic E-state index is 5.29. The average molecular weight is 230 g/mol. The van der Waals surface area contributed by atoms with Gasteiger partial charge in [0.2, 0.25) is 0 Å². The van der Waals surface area contributed by atoms with Gasteiger partial charge in [-0.2, -0.15) is 0 Å². The van der Waals surface area contributed by atoms with Gasteiger partial charge in [0.1, 0.15) is 0 Å². The minimum atomic E-state index is 0.912. The average Bonchev–Trinajstić information content (AvgIpc) is 2.23. The lowest BCUT2D eigenvalue weighted by molar-refractivity contribution is 0.413. The van der Waals surface area contributed by atoms with Crippen molar-refractivity contribution < 1.29 is 0 Å². The molecule has 3 heteroatoms. The minimum absolute atomic E-state index is 0.912. The molecule has 0 atom stereocenters. The second kappa shape index (κ2) is 10.2. The molecule has 0 radical (unpaired) electrons. The Morgan fingerprint density at radius 3 is 2.27 bits per heavy atom. The highest BCUT2D eigenvalue weighted by Gasteiger charge is 2.04. The Labute approximate surface area is 100 Å². The lowest BCUT2D eigenvalue weighted by Gasteiger charge is -2.23. The van der Waals surface area contributed by atoms with Crippen LogP contribution in [0.15, 0.2) is 0 Å². The van der Waals surface area contributed by atoms with Gasteiger partial charge in [0.25, 0.3) is 0 Å². The molecule has 0 aliphatic rings. The Hall–Kier alpha value is -0.310. The van der Waals surface area contributed by atoms with E-state index < -0.39 is 0 Å². The van der Waals surface area contributed by atoms with Crippen LogP contribution in [0, 0.1) is 0 Å². The molecule has 0 aromatic carbocycles. The van der Waals surface area contributed by atoms with Crippen molar-refractivity contribution in [3.8, 4) is 0 Å². The largest absolute Gasteiger partial charge is 0.363 e. The zero-order valence-electron chi connectivity index (χ0n) is 10.5. The number of hydrogen-bond donors (Lipinski definition) is 1. The first-order valence-corrected chi connectivity index (χ1v) is 6.69. The van der Waals surface area contributed by atoms with Crippen LogP contribution < -0.4 is 5.32 Å². The van der Waals surface area contributed by atoms with Crippen LogP contribution in [0.1, 0.15) is 52.9 Å². The summed E-state index contributed by atoms with van der Waals surface area (Å²) in [7, 11) is 0. The fraction of sp³-hybridized carbons (Fsp3) is 0.917. The highest BCUT2D eigenvalue weighted by atomic mass is 32.1. The summed E-state index contributed by atoms with van der Waals surface area (Å²) in [5, 5.41) is 4.12. The van der Waals surface area contributed by atoms with Gasteiger partial charge in [-0.15, -0.1) is 0 Å². The monoisotopic (exact) mass is 230 g/mol. The highest BCUT2D eigenvalue weighted by Crippen LogP contribution is 2.04. The van der Waals surface area contributed by atoms with Crippen molar-refractivity contribution in [2.45, 2.75) is 52.9 Å². The molecule has 15 heavy (non-hydrogen) atoms. The van der Waals surface area contributed by atoms with E-state index >= 15 is 0 Å². The van der Waals surface area contributed by atoms with Crippen LogP contribution in [0.3, 0.4) is 0 Å². The van der Waals surface area contributed by atoms with E-state index in [-0.39, 0.29) is 0 Å². The Kier molecular flexibility index (Phi) is 10.0. The van der Waals surface area contributed by atoms with E-state index in [1.807, 2.05) is 0 Å².